The molecule has 0 aromatic heterocycles. The molecular formula is C15H21N3O5. The van der Waals surface area contributed by atoms with E-state index in [-0.39, 0.29) is 12.2 Å². The lowest BCUT2D eigenvalue weighted by atomic mass is 10.1. The zero-order valence-corrected chi connectivity index (χ0v) is 13.0. The van der Waals surface area contributed by atoms with Gasteiger partial charge in [-0.2, -0.15) is 0 Å². The normalized spacial score (nSPS) is 13.0. The van der Waals surface area contributed by atoms with Crippen molar-refractivity contribution in [3.05, 3.63) is 29.8 Å². The fourth-order valence-corrected chi connectivity index (χ4v) is 1.97. The second-order valence-electron chi connectivity index (χ2n) is 5.30. The highest BCUT2D eigenvalue weighted by Gasteiger charge is 2.23. The van der Waals surface area contributed by atoms with Crippen LogP contribution in [0.3, 0.4) is 0 Å². The third-order valence-corrected chi connectivity index (χ3v) is 3.21. The molecule has 0 spiro atoms. The Morgan fingerprint density at radius 2 is 1.83 bits per heavy atom. The van der Waals surface area contributed by atoms with Gasteiger partial charge < -0.3 is 26.2 Å². The van der Waals surface area contributed by atoms with Gasteiger partial charge in [-0.05, 0) is 31.0 Å². The molecule has 0 saturated heterocycles. The summed E-state index contributed by atoms with van der Waals surface area (Å²) in [6.07, 6.45) is 0.248. The molecule has 0 radical (unpaired) electrons. The van der Waals surface area contributed by atoms with E-state index < -0.39 is 36.4 Å². The number of nitrogens with one attached hydrogen (secondary N) is 1. The molecule has 0 aliphatic carbocycles. The van der Waals surface area contributed by atoms with Crippen LogP contribution in [0.1, 0.15) is 12.5 Å². The van der Waals surface area contributed by atoms with Crippen LogP contribution < -0.4 is 11.1 Å². The van der Waals surface area contributed by atoms with Crippen molar-refractivity contribution in [1.29, 1.82) is 0 Å². The standard InChI is InChI=1S/C15H21N3O5/c1-9(15(23)18(2)8-13(20)21)17-14(22)12(16)7-10-3-5-11(19)6-4-10/h3-6,9,12,19H,7-8,16H2,1-2H3,(H,17,22)(H,20,21)/t9-,12+/m1/s1. The van der Waals surface area contributed by atoms with Gasteiger partial charge in [0.05, 0.1) is 6.04 Å². The maximum Gasteiger partial charge on any atom is 0.323 e. The molecule has 1 aromatic carbocycles. The van der Waals surface area contributed by atoms with Crippen molar-refractivity contribution in [3.8, 4) is 5.75 Å². The lowest BCUT2D eigenvalue weighted by molar-refractivity contribution is -0.144. The lowest BCUT2D eigenvalue weighted by Gasteiger charge is -2.22. The number of rotatable bonds is 7. The fraction of sp³-hybridized carbons (Fsp3) is 0.400. The maximum absolute atomic E-state index is 12.0. The third-order valence-electron chi connectivity index (χ3n) is 3.21. The number of phenolic OH excluding ortho intramolecular Hbond substituents is 1. The number of amides is 2. The second-order valence-corrected chi connectivity index (χ2v) is 5.30. The minimum atomic E-state index is -1.14. The highest BCUT2D eigenvalue weighted by atomic mass is 16.4. The third kappa shape index (κ3) is 5.95. The van der Waals surface area contributed by atoms with E-state index in [1.54, 1.807) is 12.1 Å². The zero-order valence-electron chi connectivity index (χ0n) is 13.0. The first-order valence-corrected chi connectivity index (χ1v) is 7.01. The molecule has 0 aliphatic heterocycles. The second kappa shape index (κ2) is 8.14. The maximum atomic E-state index is 12.0. The van der Waals surface area contributed by atoms with E-state index in [1.165, 1.54) is 26.1 Å². The van der Waals surface area contributed by atoms with Crippen LogP contribution in [0.5, 0.6) is 5.75 Å². The average molecular weight is 323 g/mol. The fourth-order valence-electron chi connectivity index (χ4n) is 1.97. The summed E-state index contributed by atoms with van der Waals surface area (Å²) < 4.78 is 0. The molecule has 0 saturated carbocycles. The molecule has 5 N–H and O–H groups in total. The molecule has 0 unspecified atom stereocenters. The largest absolute Gasteiger partial charge is 0.508 e. The smallest absolute Gasteiger partial charge is 0.323 e. The van der Waals surface area contributed by atoms with Crippen molar-refractivity contribution in [2.75, 3.05) is 13.6 Å². The van der Waals surface area contributed by atoms with Crippen molar-refractivity contribution in [2.45, 2.75) is 25.4 Å². The van der Waals surface area contributed by atoms with Gasteiger partial charge in [0, 0.05) is 7.05 Å². The number of benzene rings is 1. The van der Waals surface area contributed by atoms with Gasteiger partial charge in [-0.15, -0.1) is 0 Å². The number of carboxylic acids is 1. The van der Waals surface area contributed by atoms with Gasteiger partial charge in [-0.1, -0.05) is 12.1 Å². The van der Waals surface area contributed by atoms with E-state index in [4.69, 9.17) is 10.8 Å². The predicted octanol–water partition coefficient (Wildman–Crippen LogP) is -0.690. The van der Waals surface area contributed by atoms with Crippen molar-refractivity contribution in [1.82, 2.24) is 10.2 Å². The Hall–Kier alpha value is -2.61. The molecule has 0 fully saturated rings. The molecule has 0 aliphatic rings. The molecule has 2 amide bonds. The van der Waals surface area contributed by atoms with Gasteiger partial charge in [-0.3, -0.25) is 14.4 Å². The van der Waals surface area contributed by atoms with Crippen molar-refractivity contribution in [3.63, 3.8) is 0 Å². The number of carbonyl (C=O) groups excluding carboxylic acids is 2. The number of aromatic hydroxyl groups is 1. The Morgan fingerprint density at radius 1 is 1.26 bits per heavy atom. The van der Waals surface area contributed by atoms with Gasteiger partial charge in [0.15, 0.2) is 0 Å². The van der Waals surface area contributed by atoms with Gasteiger partial charge >= 0.3 is 5.97 Å². The minimum Gasteiger partial charge on any atom is -0.508 e. The van der Waals surface area contributed by atoms with Crippen LogP contribution >= 0.6 is 0 Å². The molecule has 1 aromatic rings. The topological polar surface area (TPSA) is 133 Å². The van der Waals surface area contributed by atoms with Crippen LogP contribution in [0.25, 0.3) is 0 Å². The van der Waals surface area contributed by atoms with Crippen LogP contribution in [0.2, 0.25) is 0 Å². The van der Waals surface area contributed by atoms with E-state index in [0.29, 0.717) is 0 Å². The molecule has 8 heteroatoms. The first-order chi connectivity index (χ1) is 10.7. The number of likely N-dealkylation sites (N-methyl/N-ethyl adjacent to an activating group) is 1. The van der Waals surface area contributed by atoms with Crippen LogP contribution in [0.4, 0.5) is 0 Å². The number of nitrogens with two attached hydrogens (primary N) is 1. The number of carboxylic acid groups (broad SMARTS) is 1. The summed E-state index contributed by atoms with van der Waals surface area (Å²) in [5.41, 5.74) is 6.57. The molecule has 2 atom stereocenters. The Labute approximate surface area is 133 Å². The van der Waals surface area contributed by atoms with E-state index in [0.717, 1.165) is 10.5 Å². The minimum absolute atomic E-state index is 0.118. The molecule has 23 heavy (non-hydrogen) atoms. The van der Waals surface area contributed by atoms with Crippen molar-refractivity contribution >= 4 is 17.8 Å². The average Bonchev–Trinajstić information content (AvgIpc) is 2.47. The molecule has 126 valence electrons. The Kier molecular flexibility index (Phi) is 6.52. The number of hydrogen-bond donors (Lipinski definition) is 4. The van der Waals surface area contributed by atoms with Gasteiger partial charge in [-0.25, -0.2) is 0 Å². The number of phenols is 1. The summed E-state index contributed by atoms with van der Waals surface area (Å²) in [7, 11) is 1.34. The van der Waals surface area contributed by atoms with Gasteiger partial charge in [0.2, 0.25) is 11.8 Å². The Balaban J connectivity index is 2.55. The van der Waals surface area contributed by atoms with Crippen LogP contribution in [0.15, 0.2) is 24.3 Å². The van der Waals surface area contributed by atoms with Crippen LogP contribution in [-0.4, -0.2) is 58.6 Å². The van der Waals surface area contributed by atoms with Crippen molar-refractivity contribution < 1.29 is 24.6 Å². The summed E-state index contributed by atoms with van der Waals surface area (Å²) in [5, 5.41) is 20.3. The SMILES string of the molecule is C[C@@H](NC(=O)[C@@H](N)Cc1ccc(O)cc1)C(=O)N(C)CC(=O)O. The Morgan fingerprint density at radius 3 is 2.35 bits per heavy atom. The monoisotopic (exact) mass is 323 g/mol. The van der Waals surface area contributed by atoms with Gasteiger partial charge in [0.1, 0.15) is 18.3 Å². The lowest BCUT2D eigenvalue weighted by Crippen LogP contribution is -2.51. The van der Waals surface area contributed by atoms with Crippen molar-refractivity contribution in [2.24, 2.45) is 5.73 Å². The number of nitrogens with zero attached hydrogens (tertiary/aromatic N) is 1. The highest BCUT2D eigenvalue weighted by Crippen LogP contribution is 2.11. The molecule has 0 bridgehead atoms. The van der Waals surface area contributed by atoms with E-state index >= 15 is 0 Å². The molecule has 0 heterocycles. The summed E-state index contributed by atoms with van der Waals surface area (Å²) in [6, 6.07) is 4.55. The molecule has 1 rings (SSSR count). The summed E-state index contributed by atoms with van der Waals surface area (Å²) in [4.78, 5) is 35.5. The molecule has 8 nitrogen and oxygen atoms in total. The summed E-state index contributed by atoms with van der Waals surface area (Å²) in [5.74, 6) is -2.05. The van der Waals surface area contributed by atoms with E-state index in [2.05, 4.69) is 5.32 Å². The van der Waals surface area contributed by atoms with E-state index in [9.17, 15) is 19.5 Å². The molecular weight excluding hydrogens is 302 g/mol. The highest BCUT2D eigenvalue weighted by molar-refractivity contribution is 5.90. The van der Waals surface area contributed by atoms with Crippen LogP contribution in [0, 0.1) is 0 Å². The van der Waals surface area contributed by atoms with E-state index in [1.807, 2.05) is 0 Å². The summed E-state index contributed by atoms with van der Waals surface area (Å²) >= 11 is 0. The van der Waals surface area contributed by atoms with Crippen LogP contribution in [-0.2, 0) is 20.8 Å². The van der Waals surface area contributed by atoms with Gasteiger partial charge in [0.25, 0.3) is 0 Å². The number of carbonyl (C=O) groups is 3. The first-order valence-electron chi connectivity index (χ1n) is 7.01. The predicted molar refractivity (Wildman–Crippen MR) is 82.7 cm³/mol. The Bertz CT molecular complexity index is 573. The zero-order chi connectivity index (χ0) is 17.6. The number of aliphatic carboxylic acids is 1. The summed E-state index contributed by atoms with van der Waals surface area (Å²) in [6.45, 7) is 1.02. The first kappa shape index (κ1) is 18.4. The quantitative estimate of drug-likeness (QED) is 0.525. The number of hydrogen-bond acceptors (Lipinski definition) is 5.